The van der Waals surface area contributed by atoms with Crippen molar-refractivity contribution in [3.8, 4) is 17.6 Å². The van der Waals surface area contributed by atoms with Gasteiger partial charge in [0.1, 0.15) is 23.9 Å². The van der Waals surface area contributed by atoms with E-state index in [4.69, 9.17) is 9.26 Å². The van der Waals surface area contributed by atoms with E-state index in [2.05, 4.69) is 26.9 Å². The number of aliphatic hydroxyl groups excluding tert-OH is 1. The fourth-order valence-corrected chi connectivity index (χ4v) is 3.61. The summed E-state index contributed by atoms with van der Waals surface area (Å²) < 4.78 is 11.1. The van der Waals surface area contributed by atoms with Crippen LogP contribution in [0.4, 0.5) is 0 Å². The number of pyridine rings is 1. The number of rotatable bonds is 8. The molecule has 1 fully saturated rings. The molecule has 1 aliphatic heterocycles. The normalized spacial score (nSPS) is 14.2. The van der Waals surface area contributed by atoms with Crippen molar-refractivity contribution in [1.82, 2.24) is 15.0 Å². The van der Waals surface area contributed by atoms with Gasteiger partial charge in [0.25, 0.3) is 0 Å². The highest BCUT2D eigenvalue weighted by atomic mass is 16.5. The average molecular weight is 474 g/mol. The Labute approximate surface area is 206 Å². The number of aliphatic hydroxyl groups is 1. The van der Waals surface area contributed by atoms with Crippen LogP contribution >= 0.6 is 0 Å². The molecule has 0 radical (unpaired) electrons. The maximum absolute atomic E-state index is 12.4. The molecule has 1 N–H and O–H groups in total. The van der Waals surface area contributed by atoms with E-state index in [-0.39, 0.29) is 30.1 Å². The molecule has 3 aromatic rings. The fraction of sp³-hybridized carbons (Fsp3) is 0.393. The second-order valence-electron chi connectivity index (χ2n) is 9.90. The Kier molecular flexibility index (Phi) is 7.64. The predicted molar refractivity (Wildman–Crippen MR) is 132 cm³/mol. The van der Waals surface area contributed by atoms with Crippen LogP contribution in [0.2, 0.25) is 0 Å². The third-order valence-electron chi connectivity index (χ3n) is 5.70. The molecule has 0 atom stereocenters. The Bertz CT molecular complexity index is 1190. The highest BCUT2D eigenvalue weighted by Gasteiger charge is 2.23. The summed E-state index contributed by atoms with van der Waals surface area (Å²) in [5.74, 6) is 7.84. The number of Topliss-reactive ketones (excluding diaryl/α,β-unsaturated/α-hetero) is 1. The van der Waals surface area contributed by atoms with Crippen LogP contribution in [0.25, 0.3) is 0 Å². The minimum Gasteiger partial charge on any atom is -0.492 e. The molecule has 182 valence electrons. The fourth-order valence-electron chi connectivity index (χ4n) is 3.61. The number of nitrogens with zero attached hydrogens (tertiary/aromatic N) is 3. The van der Waals surface area contributed by atoms with Crippen molar-refractivity contribution in [1.29, 1.82) is 0 Å². The summed E-state index contributed by atoms with van der Waals surface area (Å²) in [4.78, 5) is 19.0. The number of hydrogen-bond donors (Lipinski definition) is 1. The van der Waals surface area contributed by atoms with Crippen molar-refractivity contribution < 1.29 is 19.2 Å². The van der Waals surface area contributed by atoms with Crippen LogP contribution in [-0.2, 0) is 23.1 Å². The topological polar surface area (TPSA) is 88.7 Å². The largest absolute Gasteiger partial charge is 0.492 e. The van der Waals surface area contributed by atoms with Gasteiger partial charge in [-0.1, -0.05) is 37.8 Å². The summed E-state index contributed by atoms with van der Waals surface area (Å²) in [5.41, 5.74) is 2.88. The van der Waals surface area contributed by atoms with Crippen molar-refractivity contribution in [2.45, 2.75) is 45.1 Å². The lowest BCUT2D eigenvalue weighted by atomic mass is 9.93. The van der Waals surface area contributed by atoms with Crippen LogP contribution in [0.15, 0.2) is 53.2 Å². The van der Waals surface area contributed by atoms with Gasteiger partial charge >= 0.3 is 0 Å². The highest BCUT2D eigenvalue weighted by Crippen LogP contribution is 2.23. The predicted octanol–water partition coefficient (Wildman–Crippen LogP) is 3.18. The maximum Gasteiger partial charge on any atom is 0.144 e. The van der Waals surface area contributed by atoms with Gasteiger partial charge < -0.3 is 14.4 Å². The van der Waals surface area contributed by atoms with E-state index in [0.717, 1.165) is 42.3 Å². The molecule has 0 bridgehead atoms. The van der Waals surface area contributed by atoms with Gasteiger partial charge in [-0.3, -0.25) is 14.7 Å². The Morgan fingerprint density at radius 3 is 2.40 bits per heavy atom. The van der Waals surface area contributed by atoms with Crippen molar-refractivity contribution in [2.75, 3.05) is 26.2 Å². The SMILES string of the molecule is CC(C)(C)c1cc(CC(=O)Cc2ccc(C#Cc3ccc(OCCN4CC(O)C4)cc3)cn2)no1. The first-order valence-electron chi connectivity index (χ1n) is 11.8. The number of carbonyl (C=O) groups is 1. The van der Waals surface area contributed by atoms with Crippen LogP contribution in [-0.4, -0.2) is 58.3 Å². The lowest BCUT2D eigenvalue weighted by Crippen LogP contribution is -2.51. The van der Waals surface area contributed by atoms with Gasteiger partial charge in [0, 0.05) is 60.6 Å². The molecule has 0 amide bonds. The zero-order valence-electron chi connectivity index (χ0n) is 20.5. The summed E-state index contributed by atoms with van der Waals surface area (Å²) in [6.07, 6.45) is 1.97. The molecular formula is C28H31N3O4. The van der Waals surface area contributed by atoms with Crippen molar-refractivity contribution in [2.24, 2.45) is 0 Å². The molecule has 3 heterocycles. The Balaban J connectivity index is 1.24. The minimum atomic E-state index is -0.186. The average Bonchev–Trinajstić information content (AvgIpc) is 3.27. The number of hydrogen-bond acceptors (Lipinski definition) is 7. The molecule has 4 rings (SSSR count). The molecule has 2 aromatic heterocycles. The van der Waals surface area contributed by atoms with E-state index in [1.54, 1.807) is 6.20 Å². The molecule has 0 spiro atoms. The van der Waals surface area contributed by atoms with Crippen molar-refractivity contribution in [3.05, 3.63) is 76.9 Å². The zero-order chi connectivity index (χ0) is 24.8. The summed E-state index contributed by atoms with van der Waals surface area (Å²) in [7, 11) is 0. The van der Waals surface area contributed by atoms with Gasteiger partial charge in [0.2, 0.25) is 0 Å². The first-order chi connectivity index (χ1) is 16.7. The Morgan fingerprint density at radius 2 is 1.77 bits per heavy atom. The van der Waals surface area contributed by atoms with E-state index < -0.39 is 0 Å². The van der Waals surface area contributed by atoms with Gasteiger partial charge in [0.15, 0.2) is 0 Å². The Hall–Kier alpha value is -3.47. The van der Waals surface area contributed by atoms with Crippen LogP contribution in [0.3, 0.4) is 0 Å². The van der Waals surface area contributed by atoms with Crippen LogP contribution in [0.1, 0.15) is 49.0 Å². The lowest BCUT2D eigenvalue weighted by molar-refractivity contribution is -0.117. The molecule has 1 aromatic carbocycles. The summed E-state index contributed by atoms with van der Waals surface area (Å²) in [6.45, 7) is 8.99. The minimum absolute atomic E-state index is 0.0369. The first kappa shape index (κ1) is 24.6. The summed E-state index contributed by atoms with van der Waals surface area (Å²) in [6, 6.07) is 13.2. The number of benzene rings is 1. The van der Waals surface area contributed by atoms with Crippen molar-refractivity contribution in [3.63, 3.8) is 0 Å². The van der Waals surface area contributed by atoms with E-state index in [0.29, 0.717) is 18.0 Å². The first-order valence-corrected chi connectivity index (χ1v) is 11.8. The second-order valence-corrected chi connectivity index (χ2v) is 9.90. The number of likely N-dealkylation sites (tertiary alicyclic amines) is 1. The third kappa shape index (κ3) is 7.25. The maximum atomic E-state index is 12.4. The summed E-state index contributed by atoms with van der Waals surface area (Å²) >= 11 is 0. The van der Waals surface area contributed by atoms with E-state index in [1.807, 2.05) is 63.2 Å². The van der Waals surface area contributed by atoms with Gasteiger partial charge in [-0.2, -0.15) is 0 Å². The second kappa shape index (κ2) is 10.9. The lowest BCUT2D eigenvalue weighted by Gasteiger charge is -2.35. The number of β-amino-alcohol motifs (C(OH)–C–C–N with tert-alkyl or cyclic N) is 1. The molecule has 7 nitrogen and oxygen atoms in total. The molecule has 0 saturated carbocycles. The molecule has 35 heavy (non-hydrogen) atoms. The monoisotopic (exact) mass is 473 g/mol. The van der Waals surface area contributed by atoms with E-state index in [1.165, 1.54) is 0 Å². The standard InChI is InChI=1S/C28H31N3O4/c1-28(2,3)27-16-23(30-35-27)15-24(32)14-22-9-6-21(17-29-22)5-4-20-7-10-26(11-8-20)34-13-12-31-18-25(33)19-31/h6-11,16-17,25,33H,12-15,18-19H2,1-3H3. The number of aromatic nitrogens is 2. The van der Waals surface area contributed by atoms with Gasteiger partial charge in [-0.25, -0.2) is 0 Å². The van der Waals surface area contributed by atoms with Crippen molar-refractivity contribution >= 4 is 5.78 Å². The summed E-state index contributed by atoms with van der Waals surface area (Å²) in [5, 5.41) is 13.3. The number of carbonyl (C=O) groups excluding carboxylic acids is 1. The molecule has 0 unspecified atom stereocenters. The molecule has 0 aliphatic carbocycles. The van der Waals surface area contributed by atoms with Crippen LogP contribution in [0, 0.1) is 11.8 Å². The molecule has 1 saturated heterocycles. The number of ketones is 1. The van der Waals surface area contributed by atoms with Gasteiger partial charge in [0.05, 0.1) is 18.2 Å². The zero-order valence-corrected chi connectivity index (χ0v) is 20.5. The quantitative estimate of drug-likeness (QED) is 0.503. The smallest absolute Gasteiger partial charge is 0.144 e. The number of ether oxygens (including phenoxy) is 1. The van der Waals surface area contributed by atoms with Crippen LogP contribution in [0.5, 0.6) is 5.75 Å². The van der Waals surface area contributed by atoms with Gasteiger partial charge in [-0.05, 0) is 36.4 Å². The highest BCUT2D eigenvalue weighted by molar-refractivity contribution is 5.82. The molecule has 7 heteroatoms. The Morgan fingerprint density at radius 1 is 1.09 bits per heavy atom. The van der Waals surface area contributed by atoms with Gasteiger partial charge in [-0.15, -0.1) is 0 Å². The molecule has 1 aliphatic rings. The third-order valence-corrected chi connectivity index (χ3v) is 5.70. The van der Waals surface area contributed by atoms with E-state index in [9.17, 15) is 9.90 Å². The van der Waals surface area contributed by atoms with Crippen LogP contribution < -0.4 is 4.74 Å². The molecular weight excluding hydrogens is 442 g/mol. The van der Waals surface area contributed by atoms with E-state index >= 15 is 0 Å².